The lowest BCUT2D eigenvalue weighted by molar-refractivity contribution is -0.119. The molecule has 1 heterocycles. The lowest BCUT2D eigenvalue weighted by atomic mass is 9.73. The van der Waals surface area contributed by atoms with Gasteiger partial charge in [-0.3, -0.25) is 4.79 Å². The number of amides is 1. The van der Waals surface area contributed by atoms with Crippen molar-refractivity contribution in [2.45, 2.75) is 45.1 Å². The second kappa shape index (κ2) is 5.04. The van der Waals surface area contributed by atoms with E-state index in [1.165, 1.54) is 5.56 Å². The Morgan fingerprint density at radius 3 is 2.83 bits per heavy atom. The first-order valence-corrected chi connectivity index (χ1v) is 7.26. The summed E-state index contributed by atoms with van der Waals surface area (Å²) in [6.45, 7) is 6.59. The molecule has 0 saturated carbocycles. The molecule has 2 nitrogen and oxygen atoms in total. The molecule has 0 bridgehead atoms. The molecule has 0 aliphatic carbocycles. The maximum absolute atomic E-state index is 11.8. The van der Waals surface area contributed by atoms with Gasteiger partial charge in [0.05, 0.1) is 0 Å². The molecule has 1 aliphatic heterocycles. The van der Waals surface area contributed by atoms with Crippen molar-refractivity contribution in [3.63, 3.8) is 0 Å². The quantitative estimate of drug-likeness (QED) is 0.907. The van der Waals surface area contributed by atoms with Crippen LogP contribution in [0.3, 0.4) is 0 Å². The number of carbonyl (C=O) groups excluding carboxylic acids is 1. The van der Waals surface area contributed by atoms with Gasteiger partial charge in [0.1, 0.15) is 0 Å². The Morgan fingerprint density at radius 1 is 1.50 bits per heavy atom. The summed E-state index contributed by atoms with van der Waals surface area (Å²) >= 11 is 3.51. The number of hydrogen-bond acceptors (Lipinski definition) is 1. The van der Waals surface area contributed by atoms with E-state index in [-0.39, 0.29) is 17.4 Å². The average molecular weight is 310 g/mol. The Bertz CT molecular complexity index is 458. The fourth-order valence-corrected chi connectivity index (χ4v) is 3.20. The van der Waals surface area contributed by atoms with Gasteiger partial charge in [-0.25, -0.2) is 0 Å². The maximum Gasteiger partial charge on any atom is 0.221 e. The first-order valence-electron chi connectivity index (χ1n) is 6.47. The van der Waals surface area contributed by atoms with Crippen LogP contribution in [0.4, 0.5) is 0 Å². The predicted octanol–water partition coefficient (Wildman–Crippen LogP) is 3.64. The molecule has 2 rings (SSSR count). The number of carbonyl (C=O) groups is 1. The van der Waals surface area contributed by atoms with Crippen LogP contribution >= 0.6 is 15.9 Å². The molecular formula is C15H20BrNO. The molecular weight excluding hydrogens is 290 g/mol. The Kier molecular flexibility index (Phi) is 3.81. The summed E-state index contributed by atoms with van der Waals surface area (Å²) in [5.41, 5.74) is 1.14. The van der Waals surface area contributed by atoms with Crippen LogP contribution < -0.4 is 5.32 Å². The van der Waals surface area contributed by atoms with Gasteiger partial charge in [-0.15, -0.1) is 0 Å². The zero-order valence-corrected chi connectivity index (χ0v) is 12.8. The van der Waals surface area contributed by atoms with Crippen LogP contribution in [0, 0.1) is 5.92 Å². The highest BCUT2D eigenvalue weighted by Crippen LogP contribution is 2.39. The van der Waals surface area contributed by atoms with Crippen molar-refractivity contribution in [2.75, 3.05) is 0 Å². The third-order valence-electron chi connectivity index (χ3n) is 3.82. The van der Waals surface area contributed by atoms with E-state index in [1.807, 2.05) is 12.1 Å². The fraction of sp³-hybridized carbons (Fsp3) is 0.533. The summed E-state index contributed by atoms with van der Waals surface area (Å²) in [7, 11) is 0. The van der Waals surface area contributed by atoms with E-state index in [1.54, 1.807) is 0 Å². The Hall–Kier alpha value is -0.830. The van der Waals surface area contributed by atoms with Crippen molar-refractivity contribution in [3.05, 3.63) is 34.3 Å². The van der Waals surface area contributed by atoms with Gasteiger partial charge < -0.3 is 5.32 Å². The van der Waals surface area contributed by atoms with Gasteiger partial charge in [0.25, 0.3) is 0 Å². The van der Waals surface area contributed by atoms with E-state index in [9.17, 15) is 4.79 Å². The highest BCUT2D eigenvalue weighted by atomic mass is 79.9. The lowest BCUT2D eigenvalue weighted by Gasteiger charge is -2.32. The fourth-order valence-electron chi connectivity index (χ4n) is 2.80. The van der Waals surface area contributed by atoms with E-state index in [0.717, 1.165) is 10.9 Å². The zero-order valence-electron chi connectivity index (χ0n) is 11.2. The molecule has 0 aromatic heterocycles. The molecule has 2 atom stereocenters. The molecule has 2 unspecified atom stereocenters. The third-order valence-corrected chi connectivity index (χ3v) is 4.32. The van der Waals surface area contributed by atoms with E-state index >= 15 is 0 Å². The second-order valence-electron chi connectivity index (χ2n) is 5.85. The molecule has 18 heavy (non-hydrogen) atoms. The normalized spacial score (nSPS) is 27.6. The van der Waals surface area contributed by atoms with Crippen LogP contribution in [0.1, 0.15) is 39.2 Å². The number of hydrogen-bond donors (Lipinski definition) is 1. The Balaban J connectivity index is 2.34. The first-order chi connectivity index (χ1) is 8.41. The predicted molar refractivity (Wildman–Crippen MR) is 77.5 cm³/mol. The molecule has 1 saturated heterocycles. The minimum absolute atomic E-state index is 0.0921. The summed E-state index contributed by atoms with van der Waals surface area (Å²) in [4.78, 5) is 11.8. The summed E-state index contributed by atoms with van der Waals surface area (Å²) in [5.74, 6) is 0.753. The molecule has 1 aliphatic rings. The van der Waals surface area contributed by atoms with Crippen LogP contribution in [0.15, 0.2) is 28.7 Å². The Labute approximate surface area is 117 Å². The number of halogens is 1. The van der Waals surface area contributed by atoms with Gasteiger partial charge in [0, 0.05) is 22.4 Å². The molecule has 1 fully saturated rings. The molecule has 1 aromatic rings. The summed E-state index contributed by atoms with van der Waals surface area (Å²) in [6.07, 6.45) is 1.61. The highest BCUT2D eigenvalue weighted by Gasteiger charge is 2.44. The van der Waals surface area contributed by atoms with Gasteiger partial charge >= 0.3 is 0 Å². The van der Waals surface area contributed by atoms with Crippen LogP contribution in [0.5, 0.6) is 0 Å². The number of nitrogens with one attached hydrogen (secondary N) is 1. The van der Waals surface area contributed by atoms with Crippen LogP contribution in [-0.4, -0.2) is 11.9 Å². The molecule has 1 N–H and O–H groups in total. The smallest absolute Gasteiger partial charge is 0.221 e. The average Bonchev–Trinajstić information content (AvgIpc) is 2.54. The molecule has 1 amide bonds. The molecule has 3 heteroatoms. The third kappa shape index (κ3) is 2.61. The van der Waals surface area contributed by atoms with E-state index in [4.69, 9.17) is 0 Å². The van der Waals surface area contributed by atoms with Crippen molar-refractivity contribution in [2.24, 2.45) is 5.92 Å². The van der Waals surface area contributed by atoms with Gasteiger partial charge in [0.2, 0.25) is 5.91 Å². The second-order valence-corrected chi connectivity index (χ2v) is 6.77. The first kappa shape index (κ1) is 13.6. The summed E-state index contributed by atoms with van der Waals surface area (Å²) in [6, 6.07) is 8.56. The van der Waals surface area contributed by atoms with E-state index < -0.39 is 0 Å². The van der Waals surface area contributed by atoms with Gasteiger partial charge in [-0.1, -0.05) is 48.8 Å². The van der Waals surface area contributed by atoms with Crippen molar-refractivity contribution < 1.29 is 4.79 Å². The minimum atomic E-state index is -0.0921. The Morgan fingerprint density at radius 2 is 2.22 bits per heavy atom. The number of benzene rings is 1. The largest absolute Gasteiger partial charge is 0.352 e. The van der Waals surface area contributed by atoms with Crippen LogP contribution in [0.25, 0.3) is 0 Å². The molecule has 0 radical (unpaired) electrons. The maximum atomic E-state index is 11.8. The van der Waals surface area contributed by atoms with E-state index in [0.29, 0.717) is 12.3 Å². The van der Waals surface area contributed by atoms with Crippen molar-refractivity contribution in [3.8, 4) is 0 Å². The van der Waals surface area contributed by atoms with Gasteiger partial charge in [-0.2, -0.15) is 0 Å². The highest BCUT2D eigenvalue weighted by molar-refractivity contribution is 9.10. The standard InChI is InChI=1S/C15H20BrNO/c1-10(2)7-13-15(3,9-14(18)17-13)11-5-4-6-12(16)8-11/h4-6,8,10,13H,7,9H2,1-3H3,(H,17,18). The monoisotopic (exact) mass is 309 g/mol. The number of rotatable bonds is 3. The molecule has 98 valence electrons. The molecule has 1 aromatic carbocycles. The van der Waals surface area contributed by atoms with Gasteiger partial charge in [0.15, 0.2) is 0 Å². The van der Waals surface area contributed by atoms with Crippen molar-refractivity contribution in [1.29, 1.82) is 0 Å². The zero-order chi connectivity index (χ0) is 13.3. The molecule has 0 spiro atoms. The van der Waals surface area contributed by atoms with Crippen molar-refractivity contribution in [1.82, 2.24) is 5.32 Å². The van der Waals surface area contributed by atoms with E-state index in [2.05, 4.69) is 54.2 Å². The topological polar surface area (TPSA) is 29.1 Å². The summed E-state index contributed by atoms with van der Waals surface area (Å²) in [5, 5.41) is 3.14. The lowest BCUT2D eigenvalue weighted by Crippen LogP contribution is -2.39. The SMILES string of the molecule is CC(C)CC1NC(=O)CC1(C)c1cccc(Br)c1. The minimum Gasteiger partial charge on any atom is -0.352 e. The van der Waals surface area contributed by atoms with Crippen LogP contribution in [0.2, 0.25) is 0 Å². The summed E-state index contributed by atoms with van der Waals surface area (Å²) < 4.78 is 1.07. The van der Waals surface area contributed by atoms with Crippen molar-refractivity contribution >= 4 is 21.8 Å². The van der Waals surface area contributed by atoms with Crippen LogP contribution in [-0.2, 0) is 10.2 Å². The van der Waals surface area contributed by atoms with Gasteiger partial charge in [-0.05, 0) is 30.0 Å².